The number of fused-ring (bicyclic) bond motifs is 6. The van der Waals surface area contributed by atoms with Crippen molar-refractivity contribution < 1.29 is 19.4 Å². The highest BCUT2D eigenvalue weighted by Crippen LogP contribution is 2.49. The third-order valence-electron chi connectivity index (χ3n) is 6.23. The quantitative estimate of drug-likeness (QED) is 0.674. The normalized spacial score (nSPS) is 20.1. The molecule has 2 aliphatic rings. The van der Waals surface area contributed by atoms with Crippen LogP contribution in [0.5, 0.6) is 0 Å². The largest absolute Gasteiger partial charge is 0.477 e. The van der Waals surface area contributed by atoms with Crippen molar-refractivity contribution in [3.8, 4) is 11.3 Å². The van der Waals surface area contributed by atoms with Crippen LogP contribution in [0.4, 0.5) is 0 Å². The fourth-order valence-electron chi connectivity index (χ4n) is 4.79. The van der Waals surface area contributed by atoms with Gasteiger partial charge in [0.05, 0.1) is 25.5 Å². The molecule has 0 amide bonds. The topological polar surface area (TPSA) is 77.8 Å². The zero-order valence-electron chi connectivity index (χ0n) is 17.0. The lowest BCUT2D eigenvalue weighted by atomic mass is 9.79. The third-order valence-corrected chi connectivity index (χ3v) is 6.58. The molecule has 2 atom stereocenters. The molecule has 160 valence electrons. The van der Waals surface area contributed by atoms with Gasteiger partial charge in [-0.25, -0.2) is 4.79 Å². The number of halogens is 1. The maximum absolute atomic E-state index is 12.5. The molecule has 0 unspecified atom stereocenters. The second-order valence-electron chi connectivity index (χ2n) is 8.04. The Morgan fingerprint density at radius 1 is 1.20 bits per heavy atom. The zero-order valence-corrected chi connectivity index (χ0v) is 17.8. The van der Waals surface area contributed by atoms with Crippen LogP contribution < -0.4 is 5.43 Å². The van der Waals surface area contributed by atoms with Crippen molar-refractivity contribution in [2.45, 2.75) is 50.7 Å². The smallest absolute Gasteiger partial charge is 0.341 e. The standard InChI is InChI=1S/C23H26ClNO5/c1-29-7-8-30-13-14-9-16-15-5-3-2-4-6-20(15)25-12-18(23(27)28)22(26)11-21(25)17(16)10-19(14)24/h9-12,15,20H,2-8,13H2,1H3,(H,27,28)/t15-,20-/m1/s1. The zero-order chi connectivity index (χ0) is 21.3. The highest BCUT2D eigenvalue weighted by molar-refractivity contribution is 6.31. The summed E-state index contributed by atoms with van der Waals surface area (Å²) in [6, 6.07) is 5.61. The van der Waals surface area contributed by atoms with Gasteiger partial charge >= 0.3 is 5.97 Å². The Hall–Kier alpha value is -2.15. The number of benzene rings is 1. The number of rotatable bonds is 6. The van der Waals surface area contributed by atoms with Crippen LogP contribution in [0.25, 0.3) is 11.3 Å². The van der Waals surface area contributed by atoms with Crippen LogP contribution >= 0.6 is 11.6 Å². The summed E-state index contributed by atoms with van der Waals surface area (Å²) in [7, 11) is 1.64. The number of ether oxygens (including phenoxy) is 2. The lowest BCUT2D eigenvalue weighted by Crippen LogP contribution is -2.28. The van der Waals surface area contributed by atoms with Gasteiger partial charge in [0.2, 0.25) is 0 Å². The first-order chi connectivity index (χ1) is 14.5. The first-order valence-corrected chi connectivity index (χ1v) is 10.8. The van der Waals surface area contributed by atoms with Crippen LogP contribution in [-0.4, -0.2) is 36.0 Å². The average Bonchev–Trinajstić information content (AvgIpc) is 2.97. The number of methoxy groups -OCH3 is 1. The van der Waals surface area contributed by atoms with E-state index in [0.717, 1.165) is 48.9 Å². The maximum Gasteiger partial charge on any atom is 0.341 e. The minimum atomic E-state index is -1.19. The van der Waals surface area contributed by atoms with Gasteiger partial charge in [-0.1, -0.05) is 36.9 Å². The number of carboxylic acids is 1. The molecule has 6 nitrogen and oxygen atoms in total. The van der Waals surface area contributed by atoms with Crippen molar-refractivity contribution >= 4 is 17.6 Å². The highest BCUT2D eigenvalue weighted by Gasteiger charge is 2.35. The fraction of sp³-hybridized carbons (Fsp3) is 0.478. The molecule has 1 N–H and O–H groups in total. The molecule has 1 saturated carbocycles. The SMILES string of the molecule is COCCOCc1cc2c(cc1Cl)-c1cc(=O)c(C(=O)O)cn1[C@@H]1CCCCC[C@H]21. The van der Waals surface area contributed by atoms with Crippen molar-refractivity contribution in [2.75, 3.05) is 20.3 Å². The molecule has 1 aromatic carbocycles. The molecule has 4 rings (SSSR count). The molecule has 30 heavy (non-hydrogen) atoms. The van der Waals surface area contributed by atoms with Crippen LogP contribution in [0.3, 0.4) is 0 Å². The first kappa shape index (κ1) is 21.1. The first-order valence-electron chi connectivity index (χ1n) is 10.4. The summed E-state index contributed by atoms with van der Waals surface area (Å²) >= 11 is 6.58. The van der Waals surface area contributed by atoms with E-state index in [4.69, 9.17) is 21.1 Å². The number of aromatic nitrogens is 1. The van der Waals surface area contributed by atoms with Gasteiger partial charge < -0.3 is 19.1 Å². The van der Waals surface area contributed by atoms with Crippen LogP contribution in [0.2, 0.25) is 5.02 Å². The predicted octanol–water partition coefficient (Wildman–Crippen LogP) is 4.63. The fourth-order valence-corrected chi connectivity index (χ4v) is 5.00. The minimum absolute atomic E-state index is 0.136. The lowest BCUT2D eigenvalue weighted by molar-refractivity contribution is 0.0616. The van der Waals surface area contributed by atoms with Crippen molar-refractivity contribution in [1.29, 1.82) is 0 Å². The van der Waals surface area contributed by atoms with Gasteiger partial charge in [0, 0.05) is 41.9 Å². The molecule has 1 fully saturated rings. The van der Waals surface area contributed by atoms with Crippen LogP contribution in [0.15, 0.2) is 29.2 Å². The van der Waals surface area contributed by atoms with Gasteiger partial charge in [0.15, 0.2) is 5.43 Å². The van der Waals surface area contributed by atoms with Crippen LogP contribution in [-0.2, 0) is 16.1 Å². The van der Waals surface area contributed by atoms with Gasteiger partial charge in [-0.05, 0) is 30.0 Å². The summed E-state index contributed by atoms with van der Waals surface area (Å²) in [5.74, 6) is -0.929. The summed E-state index contributed by atoms with van der Waals surface area (Å²) in [6.45, 7) is 1.42. The molecule has 2 heterocycles. The molecular weight excluding hydrogens is 406 g/mol. The minimum Gasteiger partial charge on any atom is -0.477 e. The van der Waals surface area contributed by atoms with Gasteiger partial charge in [-0.15, -0.1) is 0 Å². The van der Waals surface area contributed by atoms with E-state index in [1.165, 1.54) is 17.8 Å². The molecule has 1 aromatic heterocycles. The average molecular weight is 432 g/mol. The molecule has 0 radical (unpaired) electrons. The predicted molar refractivity (Wildman–Crippen MR) is 115 cm³/mol. The highest BCUT2D eigenvalue weighted by atomic mass is 35.5. The van der Waals surface area contributed by atoms with E-state index in [1.807, 2.05) is 10.6 Å². The molecule has 0 saturated heterocycles. The molecule has 7 heteroatoms. The van der Waals surface area contributed by atoms with Crippen molar-refractivity contribution in [3.63, 3.8) is 0 Å². The molecule has 2 aromatic rings. The number of carbonyl (C=O) groups is 1. The molecule has 0 spiro atoms. The second kappa shape index (κ2) is 8.92. The number of pyridine rings is 1. The van der Waals surface area contributed by atoms with Crippen LogP contribution in [0.1, 0.15) is 65.5 Å². The molecule has 1 aliphatic heterocycles. The summed E-state index contributed by atoms with van der Waals surface area (Å²) < 4.78 is 12.7. The lowest BCUT2D eigenvalue weighted by Gasteiger charge is -2.37. The molecule has 0 bridgehead atoms. The third kappa shape index (κ3) is 3.92. The Labute approximate surface area is 180 Å². The van der Waals surface area contributed by atoms with Gasteiger partial charge in [-0.3, -0.25) is 4.79 Å². The Morgan fingerprint density at radius 2 is 2.00 bits per heavy atom. The number of nitrogens with zero attached hydrogens (tertiary/aromatic N) is 1. The van der Waals surface area contributed by atoms with E-state index in [9.17, 15) is 14.7 Å². The Balaban J connectivity index is 1.83. The molecule has 1 aliphatic carbocycles. The Kier molecular flexibility index (Phi) is 6.27. The number of hydrogen-bond acceptors (Lipinski definition) is 4. The van der Waals surface area contributed by atoms with Crippen molar-refractivity contribution in [2.24, 2.45) is 0 Å². The van der Waals surface area contributed by atoms with Gasteiger partial charge in [-0.2, -0.15) is 0 Å². The summed E-state index contributed by atoms with van der Waals surface area (Å²) in [4.78, 5) is 24.0. The molecular formula is C23H26ClNO5. The van der Waals surface area contributed by atoms with E-state index in [2.05, 4.69) is 6.07 Å². The maximum atomic E-state index is 12.5. The monoisotopic (exact) mass is 431 g/mol. The second-order valence-corrected chi connectivity index (χ2v) is 8.44. The number of aromatic carboxylic acids is 1. The summed E-state index contributed by atoms with van der Waals surface area (Å²) in [6.07, 6.45) is 6.89. The Bertz CT molecular complexity index is 1020. The van der Waals surface area contributed by atoms with Gasteiger partial charge in [0.25, 0.3) is 0 Å². The van der Waals surface area contributed by atoms with E-state index in [-0.39, 0.29) is 17.5 Å². The summed E-state index contributed by atoms with van der Waals surface area (Å²) in [5.41, 5.74) is 3.11. The van der Waals surface area contributed by atoms with Crippen LogP contribution in [0, 0.1) is 0 Å². The van der Waals surface area contributed by atoms with E-state index in [1.54, 1.807) is 7.11 Å². The number of hydrogen-bond donors (Lipinski definition) is 1. The Morgan fingerprint density at radius 3 is 2.77 bits per heavy atom. The van der Waals surface area contributed by atoms with E-state index < -0.39 is 11.4 Å². The number of carboxylic acid groups (broad SMARTS) is 1. The van der Waals surface area contributed by atoms with Crippen molar-refractivity contribution in [1.82, 2.24) is 4.57 Å². The van der Waals surface area contributed by atoms with E-state index in [0.29, 0.717) is 24.8 Å². The van der Waals surface area contributed by atoms with Crippen molar-refractivity contribution in [3.05, 3.63) is 56.3 Å². The van der Waals surface area contributed by atoms with E-state index >= 15 is 0 Å². The summed E-state index contributed by atoms with van der Waals surface area (Å²) in [5, 5.41) is 10.0. The van der Waals surface area contributed by atoms with Gasteiger partial charge in [0.1, 0.15) is 5.56 Å².